The maximum absolute atomic E-state index is 12.0. The highest BCUT2D eigenvalue weighted by atomic mass is 35.5. The van der Waals surface area contributed by atoms with Gasteiger partial charge in [-0.3, -0.25) is 4.79 Å². The molecule has 2 fully saturated rings. The zero-order valence-corrected chi connectivity index (χ0v) is 28.2. The van der Waals surface area contributed by atoms with Gasteiger partial charge in [-0.05, 0) is 115 Å². The van der Waals surface area contributed by atoms with Gasteiger partial charge in [0, 0.05) is 10.6 Å². The summed E-state index contributed by atoms with van der Waals surface area (Å²) in [4.78, 5) is 14.1. The number of nitrogens with two attached hydrogens (primary N) is 1. The summed E-state index contributed by atoms with van der Waals surface area (Å²) in [6.45, 7) is 6.65. The molecule has 0 aromatic heterocycles. The average molecular weight is 664 g/mol. The number of nitrogens with one attached hydrogen (secondary N) is 1. The molecule has 2 aliphatic rings. The third kappa shape index (κ3) is 7.53. The molecule has 0 saturated carbocycles. The number of benzene rings is 2. The fourth-order valence-corrected chi connectivity index (χ4v) is 6.35. The SMILES string of the molecule is CN(C)CCCC(C)(NCCCCOc1ccc(Cc2cc([C@]34OC[C@](C(C)(C)O)(O3)[C@@H](O)[C@H](O)[C@H]4O)ccc2Cl)cc1)C(N)=O. The highest BCUT2D eigenvalue weighted by Gasteiger charge is 2.71. The molecule has 1 unspecified atom stereocenters. The zero-order chi connectivity index (χ0) is 33.9. The second kappa shape index (κ2) is 14.4. The molecule has 256 valence electrons. The van der Waals surface area contributed by atoms with Gasteiger partial charge < -0.3 is 50.6 Å². The van der Waals surface area contributed by atoms with Crippen LogP contribution < -0.4 is 15.8 Å². The van der Waals surface area contributed by atoms with Crippen LogP contribution in [0.4, 0.5) is 0 Å². The van der Waals surface area contributed by atoms with Crippen molar-refractivity contribution >= 4 is 17.5 Å². The molecular formula is C34H50ClN3O8. The van der Waals surface area contributed by atoms with Gasteiger partial charge in [0.1, 0.15) is 24.1 Å². The lowest BCUT2D eigenvalue weighted by Gasteiger charge is -2.50. The maximum atomic E-state index is 12.0. The number of carbonyl (C=O) groups is 1. The molecule has 4 rings (SSSR count). The zero-order valence-electron chi connectivity index (χ0n) is 27.5. The largest absolute Gasteiger partial charge is 0.494 e. The number of rotatable bonds is 16. The summed E-state index contributed by atoms with van der Waals surface area (Å²) in [6, 6.07) is 12.7. The quantitative estimate of drug-likeness (QED) is 0.146. The van der Waals surface area contributed by atoms with E-state index in [2.05, 4.69) is 10.2 Å². The fraction of sp³-hybridized carbons (Fsp3) is 0.618. The second-order valence-electron chi connectivity index (χ2n) is 13.6. The van der Waals surface area contributed by atoms with Crippen molar-refractivity contribution in [2.24, 2.45) is 5.73 Å². The Kier molecular flexibility index (Phi) is 11.5. The van der Waals surface area contributed by atoms with Gasteiger partial charge in [-0.2, -0.15) is 0 Å². The van der Waals surface area contributed by atoms with E-state index < -0.39 is 40.8 Å². The van der Waals surface area contributed by atoms with Gasteiger partial charge in [0.15, 0.2) is 5.60 Å². The van der Waals surface area contributed by atoms with Gasteiger partial charge in [0.05, 0.1) is 24.4 Å². The van der Waals surface area contributed by atoms with Gasteiger partial charge in [-0.1, -0.05) is 29.8 Å². The monoisotopic (exact) mass is 663 g/mol. The third-order valence-corrected chi connectivity index (χ3v) is 9.70. The number of aliphatic hydroxyl groups is 4. The number of ether oxygens (including phenoxy) is 3. The molecule has 6 atom stereocenters. The highest BCUT2D eigenvalue weighted by Crippen LogP contribution is 2.53. The molecule has 2 aromatic rings. The lowest BCUT2D eigenvalue weighted by Crippen LogP contribution is -2.70. The number of nitrogens with zero attached hydrogens (tertiary/aromatic N) is 1. The number of fused-ring (bicyclic) bond motifs is 2. The summed E-state index contributed by atoms with van der Waals surface area (Å²) < 4.78 is 18.1. The molecule has 7 N–H and O–H groups in total. The van der Waals surface area contributed by atoms with E-state index in [1.807, 2.05) is 45.3 Å². The smallest absolute Gasteiger partial charge is 0.237 e. The molecule has 11 nitrogen and oxygen atoms in total. The molecule has 1 amide bonds. The van der Waals surface area contributed by atoms with Crippen LogP contribution in [0.3, 0.4) is 0 Å². The molecule has 12 heteroatoms. The minimum absolute atomic E-state index is 0.231. The summed E-state index contributed by atoms with van der Waals surface area (Å²) in [5.41, 5.74) is 3.83. The van der Waals surface area contributed by atoms with E-state index in [0.717, 1.165) is 42.7 Å². The first-order chi connectivity index (χ1) is 21.5. The lowest BCUT2D eigenvalue weighted by molar-refractivity contribution is -0.348. The van der Waals surface area contributed by atoms with E-state index in [1.54, 1.807) is 18.2 Å². The molecule has 0 aliphatic carbocycles. The van der Waals surface area contributed by atoms with Crippen LogP contribution in [0.2, 0.25) is 5.02 Å². The Morgan fingerprint density at radius 3 is 2.41 bits per heavy atom. The standard InChI is InChI=1S/C34H50ClN3O8/c1-31(2,43)33-21-45-34(46-33,29(41)27(39)28(33)40)24-11-14-26(35)23(20-24)19-22-9-12-25(13-10-22)44-18-7-6-16-37-32(3,30(36)42)15-8-17-38(4)5/h9-14,20,27-29,37,39-41,43H,6-8,15-19,21H2,1-5H3,(H2,36,42)/t27-,28-,29+,32?,33-,34-/m0/s1. The normalized spacial score (nSPS) is 27.5. The van der Waals surface area contributed by atoms with Crippen molar-refractivity contribution in [1.82, 2.24) is 10.2 Å². The number of primary amides is 1. The molecular weight excluding hydrogens is 614 g/mol. The summed E-state index contributed by atoms with van der Waals surface area (Å²) in [7, 11) is 4.01. The summed E-state index contributed by atoms with van der Waals surface area (Å²) >= 11 is 6.57. The van der Waals surface area contributed by atoms with E-state index in [-0.39, 0.29) is 12.5 Å². The minimum atomic E-state index is -1.80. The van der Waals surface area contributed by atoms with Crippen LogP contribution >= 0.6 is 11.6 Å². The predicted molar refractivity (Wildman–Crippen MR) is 175 cm³/mol. The highest BCUT2D eigenvalue weighted by molar-refractivity contribution is 6.31. The van der Waals surface area contributed by atoms with Crippen molar-refractivity contribution in [3.05, 3.63) is 64.2 Å². The Morgan fingerprint density at radius 2 is 1.78 bits per heavy atom. The molecule has 46 heavy (non-hydrogen) atoms. The number of carbonyl (C=O) groups excluding carboxylic acids is 1. The van der Waals surface area contributed by atoms with Crippen molar-refractivity contribution in [2.75, 3.05) is 40.4 Å². The topological polar surface area (TPSA) is 167 Å². The van der Waals surface area contributed by atoms with Crippen molar-refractivity contribution < 1.29 is 39.4 Å². The molecule has 2 aromatic carbocycles. The molecule has 2 heterocycles. The number of hydrogen-bond acceptors (Lipinski definition) is 10. The molecule has 2 bridgehead atoms. The molecule has 0 spiro atoms. The van der Waals surface area contributed by atoms with Gasteiger partial charge in [-0.25, -0.2) is 0 Å². The Labute approximate surface area is 276 Å². The number of halogens is 1. The van der Waals surface area contributed by atoms with Crippen LogP contribution in [0, 0.1) is 0 Å². The minimum Gasteiger partial charge on any atom is -0.494 e. The molecule has 2 saturated heterocycles. The number of aliphatic hydroxyl groups excluding tert-OH is 3. The van der Waals surface area contributed by atoms with Crippen molar-refractivity contribution in [3.63, 3.8) is 0 Å². The van der Waals surface area contributed by atoms with Crippen molar-refractivity contribution in [3.8, 4) is 5.75 Å². The third-order valence-electron chi connectivity index (χ3n) is 9.33. The number of hydrogen-bond donors (Lipinski definition) is 6. The van der Waals surface area contributed by atoms with Gasteiger partial charge >= 0.3 is 0 Å². The van der Waals surface area contributed by atoms with Crippen LogP contribution in [-0.2, 0) is 26.5 Å². The summed E-state index contributed by atoms with van der Waals surface area (Å²) in [5, 5.41) is 47.2. The first-order valence-electron chi connectivity index (χ1n) is 15.9. The van der Waals surface area contributed by atoms with Gasteiger partial charge in [0.2, 0.25) is 11.7 Å². The van der Waals surface area contributed by atoms with E-state index in [9.17, 15) is 25.2 Å². The van der Waals surface area contributed by atoms with E-state index in [4.69, 9.17) is 31.5 Å². The Bertz CT molecular complexity index is 1340. The van der Waals surface area contributed by atoms with Crippen LogP contribution in [0.1, 0.15) is 63.1 Å². The van der Waals surface area contributed by atoms with Crippen LogP contribution in [-0.4, -0.2) is 107 Å². The molecule has 0 radical (unpaired) electrons. The van der Waals surface area contributed by atoms with Crippen molar-refractivity contribution in [2.45, 2.75) is 93.7 Å². The second-order valence-corrected chi connectivity index (χ2v) is 14.0. The van der Waals surface area contributed by atoms with E-state index in [1.165, 1.54) is 13.8 Å². The Hall–Kier alpha value is -2.32. The average Bonchev–Trinajstić information content (AvgIpc) is 3.40. The van der Waals surface area contributed by atoms with Crippen LogP contribution in [0.5, 0.6) is 5.75 Å². The van der Waals surface area contributed by atoms with Gasteiger partial charge in [-0.15, -0.1) is 0 Å². The lowest BCUT2D eigenvalue weighted by atomic mass is 9.75. The van der Waals surface area contributed by atoms with Crippen molar-refractivity contribution in [1.29, 1.82) is 0 Å². The fourth-order valence-electron chi connectivity index (χ4n) is 6.16. The van der Waals surface area contributed by atoms with Crippen LogP contribution in [0.25, 0.3) is 0 Å². The predicted octanol–water partition coefficient (Wildman–Crippen LogP) is 2.07. The summed E-state index contributed by atoms with van der Waals surface area (Å²) in [6.07, 6.45) is -1.13. The van der Waals surface area contributed by atoms with Gasteiger partial charge in [0.25, 0.3) is 0 Å². The summed E-state index contributed by atoms with van der Waals surface area (Å²) in [5.74, 6) is -1.40. The first kappa shape index (κ1) is 36.5. The Morgan fingerprint density at radius 1 is 1.09 bits per heavy atom. The van der Waals surface area contributed by atoms with Crippen LogP contribution in [0.15, 0.2) is 42.5 Å². The van der Waals surface area contributed by atoms with E-state index >= 15 is 0 Å². The Balaban J connectivity index is 1.32. The maximum Gasteiger partial charge on any atom is 0.237 e. The molecule has 2 aliphatic heterocycles. The first-order valence-corrected chi connectivity index (χ1v) is 16.2. The number of amides is 1. The van der Waals surface area contributed by atoms with E-state index in [0.29, 0.717) is 36.6 Å². The number of unbranched alkanes of at least 4 members (excludes halogenated alkanes) is 1.